The van der Waals surface area contributed by atoms with Gasteiger partial charge in [0.15, 0.2) is 6.10 Å². The van der Waals surface area contributed by atoms with E-state index in [9.17, 15) is 9.90 Å². The van der Waals surface area contributed by atoms with Gasteiger partial charge >= 0.3 is 0 Å². The summed E-state index contributed by atoms with van der Waals surface area (Å²) in [6.45, 7) is 6.31. The number of carbonyl (C=O) groups is 1. The lowest BCUT2D eigenvalue weighted by molar-refractivity contribution is -0.139. The first kappa shape index (κ1) is 18.0. The summed E-state index contributed by atoms with van der Waals surface area (Å²) >= 11 is 0. The Morgan fingerprint density at radius 3 is 2.71 bits per heavy atom. The largest absolute Gasteiger partial charge is 0.481 e. The van der Waals surface area contributed by atoms with Crippen molar-refractivity contribution in [2.24, 2.45) is 7.05 Å². The lowest BCUT2D eigenvalue weighted by Gasteiger charge is -2.25. The lowest BCUT2D eigenvalue weighted by atomic mass is 10.1. The van der Waals surface area contributed by atoms with Crippen molar-refractivity contribution in [1.29, 1.82) is 0 Å². The first-order valence-electron chi connectivity index (χ1n) is 8.01. The number of imidazole rings is 1. The maximum absolute atomic E-state index is 12.7. The van der Waals surface area contributed by atoms with Crippen LogP contribution < -0.4 is 4.74 Å². The zero-order valence-corrected chi connectivity index (χ0v) is 14.7. The zero-order valence-electron chi connectivity index (χ0n) is 14.7. The standard InChI is InChI=1S/C18H25N3O3/c1-13-5-6-17(9-14(13)2)24-15(3)18(23)21(7-8-22)11-16-10-19-12-20(16)4/h5-6,9-10,12,15,22H,7-8,11H2,1-4H3. The van der Waals surface area contributed by atoms with Gasteiger partial charge < -0.3 is 19.3 Å². The molecule has 0 aliphatic carbocycles. The third-order valence-electron chi connectivity index (χ3n) is 4.09. The lowest BCUT2D eigenvalue weighted by Crippen LogP contribution is -2.41. The van der Waals surface area contributed by atoms with Crippen LogP contribution in [0, 0.1) is 13.8 Å². The predicted molar refractivity (Wildman–Crippen MR) is 91.7 cm³/mol. The van der Waals surface area contributed by atoms with Gasteiger partial charge in [-0.05, 0) is 44.0 Å². The van der Waals surface area contributed by atoms with Gasteiger partial charge in [-0.25, -0.2) is 4.98 Å². The van der Waals surface area contributed by atoms with Gasteiger partial charge in [0, 0.05) is 19.8 Å². The number of ether oxygens (including phenoxy) is 1. The van der Waals surface area contributed by atoms with Gasteiger partial charge in [-0.15, -0.1) is 0 Å². The van der Waals surface area contributed by atoms with Crippen molar-refractivity contribution >= 4 is 5.91 Å². The number of hydrogen-bond donors (Lipinski definition) is 1. The fourth-order valence-corrected chi connectivity index (χ4v) is 2.42. The third kappa shape index (κ3) is 4.35. The number of amides is 1. The second kappa shape index (κ2) is 7.97. The molecule has 130 valence electrons. The highest BCUT2D eigenvalue weighted by molar-refractivity contribution is 5.80. The minimum absolute atomic E-state index is 0.0973. The van der Waals surface area contributed by atoms with E-state index in [0.29, 0.717) is 12.3 Å². The van der Waals surface area contributed by atoms with Crippen LogP contribution in [0.25, 0.3) is 0 Å². The molecule has 1 atom stereocenters. The highest BCUT2D eigenvalue weighted by atomic mass is 16.5. The molecule has 0 spiro atoms. The zero-order chi connectivity index (χ0) is 17.7. The first-order chi connectivity index (χ1) is 11.4. The summed E-state index contributed by atoms with van der Waals surface area (Å²) < 4.78 is 7.65. The van der Waals surface area contributed by atoms with Crippen LogP contribution in [0.15, 0.2) is 30.7 Å². The number of aromatic nitrogens is 2. The Bertz CT molecular complexity index is 697. The number of benzene rings is 1. The number of hydrogen-bond acceptors (Lipinski definition) is 4. The number of rotatable bonds is 7. The molecule has 6 nitrogen and oxygen atoms in total. The van der Waals surface area contributed by atoms with E-state index in [0.717, 1.165) is 11.3 Å². The molecule has 1 amide bonds. The van der Waals surface area contributed by atoms with Crippen molar-refractivity contribution in [3.05, 3.63) is 47.5 Å². The Morgan fingerprint density at radius 1 is 1.38 bits per heavy atom. The Kier molecular flexibility index (Phi) is 5.98. The van der Waals surface area contributed by atoms with E-state index in [-0.39, 0.29) is 19.1 Å². The molecule has 2 rings (SSSR count). The summed E-state index contributed by atoms with van der Waals surface area (Å²) in [5.41, 5.74) is 3.20. The number of carbonyl (C=O) groups excluding carboxylic acids is 1. The summed E-state index contributed by atoms with van der Waals surface area (Å²) in [6, 6.07) is 5.77. The van der Waals surface area contributed by atoms with E-state index in [4.69, 9.17) is 4.74 Å². The quantitative estimate of drug-likeness (QED) is 0.840. The minimum atomic E-state index is -0.633. The summed E-state index contributed by atoms with van der Waals surface area (Å²) in [7, 11) is 1.87. The summed E-state index contributed by atoms with van der Waals surface area (Å²) in [5.74, 6) is 0.506. The molecule has 2 aromatic rings. The molecule has 0 radical (unpaired) electrons. The summed E-state index contributed by atoms with van der Waals surface area (Å²) in [6.07, 6.45) is 2.77. The monoisotopic (exact) mass is 331 g/mol. The van der Waals surface area contributed by atoms with Crippen LogP contribution in [0.3, 0.4) is 0 Å². The van der Waals surface area contributed by atoms with Crippen LogP contribution in [0.2, 0.25) is 0 Å². The average molecular weight is 331 g/mol. The maximum atomic E-state index is 12.7. The van der Waals surface area contributed by atoms with Gasteiger partial charge in [-0.3, -0.25) is 4.79 Å². The Labute approximate surface area is 142 Å². The van der Waals surface area contributed by atoms with Crippen molar-refractivity contribution in [2.45, 2.75) is 33.4 Å². The fraction of sp³-hybridized carbons (Fsp3) is 0.444. The van der Waals surface area contributed by atoms with Crippen molar-refractivity contribution < 1.29 is 14.6 Å². The highest BCUT2D eigenvalue weighted by Gasteiger charge is 2.23. The van der Waals surface area contributed by atoms with E-state index in [2.05, 4.69) is 4.98 Å². The minimum Gasteiger partial charge on any atom is -0.481 e. The van der Waals surface area contributed by atoms with Gasteiger partial charge in [-0.1, -0.05) is 6.07 Å². The number of aryl methyl sites for hydroxylation is 3. The number of nitrogens with zero attached hydrogens (tertiary/aromatic N) is 3. The molecule has 1 heterocycles. The normalized spacial score (nSPS) is 12.0. The molecule has 0 aliphatic heterocycles. The molecule has 1 aromatic heterocycles. The molecule has 0 fully saturated rings. The highest BCUT2D eigenvalue weighted by Crippen LogP contribution is 2.18. The van der Waals surface area contributed by atoms with Crippen LogP contribution >= 0.6 is 0 Å². The van der Waals surface area contributed by atoms with E-state index >= 15 is 0 Å². The summed E-state index contributed by atoms with van der Waals surface area (Å²) in [5, 5.41) is 9.26. The smallest absolute Gasteiger partial charge is 0.263 e. The van der Waals surface area contributed by atoms with Crippen LogP contribution in [0.5, 0.6) is 5.75 Å². The van der Waals surface area contributed by atoms with Gasteiger partial charge in [-0.2, -0.15) is 0 Å². The van der Waals surface area contributed by atoms with Crippen LogP contribution in [0.4, 0.5) is 0 Å². The number of aliphatic hydroxyl groups is 1. The first-order valence-corrected chi connectivity index (χ1v) is 8.01. The molecule has 0 bridgehead atoms. The van der Waals surface area contributed by atoms with Crippen LogP contribution in [0.1, 0.15) is 23.7 Å². The van der Waals surface area contributed by atoms with Crippen LogP contribution in [-0.4, -0.2) is 44.7 Å². The third-order valence-corrected chi connectivity index (χ3v) is 4.09. The molecule has 1 N–H and O–H groups in total. The topological polar surface area (TPSA) is 67.6 Å². The molecule has 6 heteroatoms. The summed E-state index contributed by atoms with van der Waals surface area (Å²) in [4.78, 5) is 18.3. The van der Waals surface area contributed by atoms with Gasteiger partial charge in [0.05, 0.1) is 25.2 Å². The molecule has 0 aliphatic rings. The molecule has 0 saturated heterocycles. The Hall–Kier alpha value is -2.34. The SMILES string of the molecule is Cc1ccc(OC(C)C(=O)N(CCO)Cc2cncn2C)cc1C. The molecule has 0 saturated carbocycles. The van der Waals surface area contributed by atoms with Crippen molar-refractivity contribution in [1.82, 2.24) is 14.5 Å². The Balaban J connectivity index is 2.07. The van der Waals surface area contributed by atoms with Gasteiger partial charge in [0.2, 0.25) is 0 Å². The van der Waals surface area contributed by atoms with Gasteiger partial charge in [0.25, 0.3) is 5.91 Å². The number of aliphatic hydroxyl groups excluding tert-OH is 1. The Morgan fingerprint density at radius 2 is 2.12 bits per heavy atom. The maximum Gasteiger partial charge on any atom is 0.263 e. The van der Waals surface area contributed by atoms with E-state index in [1.165, 1.54) is 5.56 Å². The second-order valence-electron chi connectivity index (χ2n) is 5.99. The molecule has 24 heavy (non-hydrogen) atoms. The van der Waals surface area contributed by atoms with Crippen molar-refractivity contribution in [3.63, 3.8) is 0 Å². The van der Waals surface area contributed by atoms with E-state index < -0.39 is 6.10 Å². The van der Waals surface area contributed by atoms with Crippen molar-refractivity contribution in [3.8, 4) is 5.75 Å². The molecular formula is C18H25N3O3. The molecular weight excluding hydrogens is 306 g/mol. The van der Waals surface area contributed by atoms with Crippen molar-refractivity contribution in [2.75, 3.05) is 13.2 Å². The van der Waals surface area contributed by atoms with Gasteiger partial charge in [0.1, 0.15) is 5.75 Å². The molecule has 1 unspecified atom stereocenters. The fourth-order valence-electron chi connectivity index (χ4n) is 2.42. The second-order valence-corrected chi connectivity index (χ2v) is 5.99. The average Bonchev–Trinajstić information content (AvgIpc) is 2.95. The van der Waals surface area contributed by atoms with Crippen LogP contribution in [-0.2, 0) is 18.4 Å². The van der Waals surface area contributed by atoms with E-state index in [1.54, 1.807) is 24.3 Å². The molecule has 1 aromatic carbocycles. The predicted octanol–water partition coefficient (Wildman–Crippen LogP) is 1.83. The van der Waals surface area contributed by atoms with E-state index in [1.807, 2.05) is 43.7 Å².